The molecule has 0 aromatic heterocycles. The van der Waals surface area contributed by atoms with Crippen LogP contribution in [0.2, 0.25) is 5.02 Å². The van der Waals surface area contributed by atoms with Gasteiger partial charge in [-0.3, -0.25) is 0 Å². The average Bonchev–Trinajstić information content (AvgIpc) is 2.08. The van der Waals surface area contributed by atoms with Crippen LogP contribution in [-0.2, 0) is 0 Å². The van der Waals surface area contributed by atoms with Crippen LogP contribution < -0.4 is 0 Å². The zero-order valence-electron chi connectivity index (χ0n) is 6.60. The Morgan fingerprint density at radius 3 is 2.43 bits per heavy atom. The van der Waals surface area contributed by atoms with Crippen LogP contribution in [0.5, 0.6) is 0 Å². The monoisotopic (exact) mass is 404 g/mol. The number of carboxylic acids is 1. The molecule has 76 valence electrons. The van der Waals surface area contributed by atoms with Gasteiger partial charge in [0.15, 0.2) is 0 Å². The summed E-state index contributed by atoms with van der Waals surface area (Å²) in [6.45, 7) is 0. The first-order valence-corrected chi connectivity index (χ1v) is 6.44. The molecule has 0 unspecified atom stereocenters. The van der Waals surface area contributed by atoms with E-state index >= 15 is 0 Å². The van der Waals surface area contributed by atoms with Gasteiger partial charge in [0, 0.05) is 4.47 Å². The minimum absolute atomic E-state index is 0.0833. The summed E-state index contributed by atoms with van der Waals surface area (Å²) in [6.07, 6.45) is 0. The van der Waals surface area contributed by atoms with Crippen molar-refractivity contribution in [3.05, 3.63) is 32.8 Å². The first-order chi connectivity index (χ1) is 6.43. The number of hydrogen-bond donors (Lipinski definition) is 1. The van der Waals surface area contributed by atoms with E-state index < -0.39 is 5.97 Å². The van der Waals surface area contributed by atoms with Gasteiger partial charge in [-0.15, -0.1) is 0 Å². The van der Waals surface area contributed by atoms with E-state index in [1.54, 1.807) is 6.07 Å². The summed E-state index contributed by atoms with van der Waals surface area (Å²) in [5, 5.41) is 9.07. The van der Waals surface area contributed by atoms with Crippen molar-refractivity contribution in [3.63, 3.8) is 0 Å². The molecule has 1 aromatic rings. The predicted molar refractivity (Wildman–Crippen MR) is 66.7 cm³/mol. The molecule has 0 spiro atoms. The van der Waals surface area contributed by atoms with Gasteiger partial charge in [-0.1, -0.05) is 43.5 Å². The van der Waals surface area contributed by atoms with E-state index in [2.05, 4.69) is 47.8 Å². The van der Waals surface area contributed by atoms with Crippen molar-refractivity contribution >= 4 is 65.4 Å². The zero-order valence-corrected chi connectivity index (χ0v) is 12.1. The minimum Gasteiger partial charge on any atom is -0.478 e. The van der Waals surface area contributed by atoms with E-state index in [-0.39, 0.29) is 14.3 Å². The number of halogens is 4. The Morgan fingerprint density at radius 2 is 2.00 bits per heavy atom. The zero-order chi connectivity index (χ0) is 10.9. The molecule has 2 nitrogen and oxygen atoms in total. The molecule has 0 fully saturated rings. The molecule has 0 bridgehead atoms. The van der Waals surface area contributed by atoms with Gasteiger partial charge < -0.3 is 5.11 Å². The maximum atomic E-state index is 10.8. The first kappa shape index (κ1) is 12.5. The summed E-state index contributed by atoms with van der Waals surface area (Å²) < 4.78 is 0.472. The van der Waals surface area contributed by atoms with Crippen molar-refractivity contribution in [3.8, 4) is 0 Å². The number of aromatic carboxylic acids is 1. The lowest BCUT2D eigenvalue weighted by atomic mass is 10.1. The molecule has 14 heavy (non-hydrogen) atoms. The molecule has 1 N–H and O–H groups in total. The lowest BCUT2D eigenvalue weighted by molar-refractivity contribution is 0.0697. The van der Waals surface area contributed by atoms with E-state index in [4.69, 9.17) is 16.7 Å². The standard InChI is InChI=1S/C8H4Br3ClO2/c9-5-2-3(7(10)11)1-4(6(5)12)8(13)14/h1-2,7H,(H,13,14). The Kier molecular flexibility index (Phi) is 4.43. The Balaban J connectivity index is 3.35. The maximum Gasteiger partial charge on any atom is 0.337 e. The van der Waals surface area contributed by atoms with Crippen molar-refractivity contribution in [2.45, 2.75) is 3.74 Å². The summed E-state index contributed by atoms with van der Waals surface area (Å²) >= 11 is 15.6. The van der Waals surface area contributed by atoms with E-state index in [9.17, 15) is 4.79 Å². The third-order valence-electron chi connectivity index (χ3n) is 1.53. The predicted octanol–water partition coefficient (Wildman–Crippen LogP) is 4.59. The lowest BCUT2D eigenvalue weighted by Gasteiger charge is -2.07. The van der Waals surface area contributed by atoms with Crippen LogP contribution in [0.3, 0.4) is 0 Å². The van der Waals surface area contributed by atoms with Gasteiger partial charge in [-0.2, -0.15) is 0 Å². The fraction of sp³-hybridized carbons (Fsp3) is 0.125. The van der Waals surface area contributed by atoms with Crippen molar-refractivity contribution < 1.29 is 9.90 Å². The van der Waals surface area contributed by atoms with Crippen LogP contribution in [0.15, 0.2) is 16.6 Å². The molecule has 0 aliphatic rings. The normalized spacial score (nSPS) is 10.6. The van der Waals surface area contributed by atoms with Crippen molar-refractivity contribution in [1.29, 1.82) is 0 Å². The fourth-order valence-electron chi connectivity index (χ4n) is 0.892. The van der Waals surface area contributed by atoms with Crippen LogP contribution >= 0.6 is 59.4 Å². The molecular formula is C8H4Br3ClO2. The SMILES string of the molecule is O=C(O)c1cc(C(Br)Br)cc(Br)c1Cl. The highest BCUT2D eigenvalue weighted by molar-refractivity contribution is 9.24. The maximum absolute atomic E-state index is 10.8. The third kappa shape index (κ3) is 2.72. The van der Waals surface area contributed by atoms with Gasteiger partial charge in [0.2, 0.25) is 0 Å². The molecule has 0 amide bonds. The second kappa shape index (κ2) is 4.96. The summed E-state index contributed by atoms with van der Waals surface area (Å²) in [5.74, 6) is -1.04. The van der Waals surface area contributed by atoms with Crippen molar-refractivity contribution in [2.75, 3.05) is 0 Å². The van der Waals surface area contributed by atoms with Crippen LogP contribution in [0, 0.1) is 0 Å². The van der Waals surface area contributed by atoms with E-state index in [1.165, 1.54) is 6.07 Å². The Hall–Kier alpha value is 0.420. The van der Waals surface area contributed by atoms with Gasteiger partial charge in [0.1, 0.15) is 0 Å². The topological polar surface area (TPSA) is 37.3 Å². The summed E-state index contributed by atoms with van der Waals surface area (Å²) in [6, 6.07) is 3.27. The molecule has 0 radical (unpaired) electrons. The van der Waals surface area contributed by atoms with Gasteiger partial charge in [0.25, 0.3) is 0 Å². The van der Waals surface area contributed by atoms with E-state index in [0.717, 1.165) is 5.56 Å². The first-order valence-electron chi connectivity index (χ1n) is 3.44. The lowest BCUT2D eigenvalue weighted by Crippen LogP contribution is -1.99. The molecule has 0 atom stereocenters. The smallest absolute Gasteiger partial charge is 0.337 e. The molecule has 0 aliphatic heterocycles. The van der Waals surface area contributed by atoms with Crippen molar-refractivity contribution in [1.82, 2.24) is 0 Å². The second-order valence-electron chi connectivity index (χ2n) is 2.47. The highest BCUT2D eigenvalue weighted by Gasteiger charge is 2.15. The van der Waals surface area contributed by atoms with Crippen LogP contribution in [0.4, 0.5) is 0 Å². The molecule has 1 rings (SSSR count). The molecule has 6 heteroatoms. The van der Waals surface area contributed by atoms with Crippen LogP contribution in [-0.4, -0.2) is 11.1 Å². The van der Waals surface area contributed by atoms with Gasteiger partial charge in [0.05, 0.1) is 14.3 Å². The Morgan fingerprint density at radius 1 is 1.43 bits per heavy atom. The fourth-order valence-corrected chi connectivity index (χ4v) is 2.09. The number of carboxylic acid groups (broad SMARTS) is 1. The van der Waals surface area contributed by atoms with Crippen molar-refractivity contribution in [2.24, 2.45) is 0 Å². The third-order valence-corrected chi connectivity index (χ3v) is 3.85. The minimum atomic E-state index is -1.04. The van der Waals surface area contributed by atoms with Gasteiger partial charge >= 0.3 is 5.97 Å². The average molecular weight is 407 g/mol. The Bertz CT molecular complexity index is 379. The number of benzene rings is 1. The molecule has 1 aromatic carbocycles. The van der Waals surface area contributed by atoms with Gasteiger partial charge in [-0.25, -0.2) is 4.79 Å². The van der Waals surface area contributed by atoms with E-state index in [0.29, 0.717) is 4.47 Å². The molecule has 0 saturated heterocycles. The molecular weight excluding hydrogens is 403 g/mol. The summed E-state index contributed by atoms with van der Waals surface area (Å²) in [7, 11) is 0. The second-order valence-corrected chi connectivity index (χ2v) is 6.76. The summed E-state index contributed by atoms with van der Waals surface area (Å²) in [4.78, 5) is 10.8. The number of alkyl halides is 2. The molecule has 0 saturated carbocycles. The highest BCUT2D eigenvalue weighted by atomic mass is 79.9. The summed E-state index contributed by atoms with van der Waals surface area (Å²) in [5.41, 5.74) is 0.874. The quantitative estimate of drug-likeness (QED) is 0.729. The number of carbonyl (C=O) groups is 1. The Labute approximate surface area is 111 Å². The van der Waals surface area contributed by atoms with Crippen LogP contribution in [0.1, 0.15) is 19.7 Å². The van der Waals surface area contributed by atoms with E-state index in [1.807, 2.05) is 0 Å². The molecule has 0 aliphatic carbocycles. The number of hydrogen-bond acceptors (Lipinski definition) is 1. The molecule has 0 heterocycles. The van der Waals surface area contributed by atoms with Crippen LogP contribution in [0.25, 0.3) is 0 Å². The van der Waals surface area contributed by atoms with Gasteiger partial charge in [-0.05, 0) is 33.6 Å². The number of rotatable bonds is 2. The largest absolute Gasteiger partial charge is 0.478 e. The highest BCUT2D eigenvalue weighted by Crippen LogP contribution is 2.35.